The molecule has 1 aromatic heterocycles. The number of hydrogen-bond acceptors (Lipinski definition) is 2. The molecule has 1 fully saturated rings. The molecule has 2 rings (SSSR count). The molecule has 0 aliphatic carbocycles. The van der Waals surface area contributed by atoms with E-state index in [1.54, 1.807) is 0 Å². The Morgan fingerprint density at radius 3 is 2.53 bits per heavy atom. The number of rotatable bonds is 5. The van der Waals surface area contributed by atoms with Gasteiger partial charge in [0, 0.05) is 31.4 Å². The van der Waals surface area contributed by atoms with Gasteiger partial charge >= 0.3 is 0 Å². The van der Waals surface area contributed by atoms with Crippen LogP contribution in [0.4, 0.5) is 0 Å². The zero-order valence-electron chi connectivity index (χ0n) is 11.8. The highest BCUT2D eigenvalue weighted by Gasteiger charge is 2.25. The monoisotopic (exact) mass is 264 g/mol. The molecule has 1 aliphatic rings. The summed E-state index contributed by atoms with van der Waals surface area (Å²) in [5.41, 5.74) is 0. The molecule has 0 spiro atoms. The van der Waals surface area contributed by atoms with Crippen LogP contribution < -0.4 is 5.32 Å². The van der Waals surface area contributed by atoms with Crippen molar-refractivity contribution in [3.63, 3.8) is 0 Å². The molecule has 2 atom stereocenters. The zero-order chi connectivity index (χ0) is 13.7. The topological polar surface area (TPSA) is 43.3 Å². The zero-order valence-corrected chi connectivity index (χ0v) is 11.8. The summed E-state index contributed by atoms with van der Waals surface area (Å²) in [6.07, 6.45) is 7.87. The van der Waals surface area contributed by atoms with E-state index in [4.69, 9.17) is 4.74 Å². The van der Waals surface area contributed by atoms with Gasteiger partial charge in [0.15, 0.2) is 0 Å². The molecule has 1 amide bonds. The predicted octanol–water partition coefficient (Wildman–Crippen LogP) is 2.34. The van der Waals surface area contributed by atoms with Crippen LogP contribution in [0.3, 0.4) is 0 Å². The van der Waals surface area contributed by atoms with Crippen LogP contribution in [0, 0.1) is 0 Å². The average Bonchev–Trinajstić information content (AvgIpc) is 2.80. The fourth-order valence-corrected chi connectivity index (χ4v) is 2.76. The Morgan fingerprint density at radius 2 is 1.89 bits per heavy atom. The third kappa shape index (κ3) is 4.71. The molecule has 1 aromatic rings. The lowest BCUT2D eigenvalue weighted by molar-refractivity contribution is -0.123. The highest BCUT2D eigenvalue weighted by atomic mass is 16.5. The molecule has 1 aliphatic heterocycles. The Hall–Kier alpha value is -1.29. The van der Waals surface area contributed by atoms with Crippen LogP contribution in [0.5, 0.6) is 0 Å². The van der Waals surface area contributed by atoms with E-state index in [2.05, 4.69) is 23.7 Å². The summed E-state index contributed by atoms with van der Waals surface area (Å²) in [5, 5.41) is 3.13. The van der Waals surface area contributed by atoms with E-state index in [-0.39, 0.29) is 24.2 Å². The molecule has 4 nitrogen and oxygen atoms in total. The fourth-order valence-electron chi connectivity index (χ4n) is 2.76. The fraction of sp³-hybridized carbons (Fsp3) is 0.667. The number of nitrogens with one attached hydrogen (secondary N) is 1. The minimum Gasteiger partial charge on any atom is -0.375 e. The molecule has 0 unspecified atom stereocenters. The number of carbonyl (C=O) groups is 1. The predicted molar refractivity (Wildman–Crippen MR) is 74.8 cm³/mol. The quantitative estimate of drug-likeness (QED) is 0.887. The summed E-state index contributed by atoms with van der Waals surface area (Å²) in [6, 6.07) is 4.29. The summed E-state index contributed by atoms with van der Waals surface area (Å²) in [5.74, 6) is 0.165. The molecule has 1 N–H and O–H groups in total. The van der Waals surface area contributed by atoms with Crippen molar-refractivity contribution >= 4 is 5.91 Å². The summed E-state index contributed by atoms with van der Waals surface area (Å²) in [7, 11) is 0. The van der Waals surface area contributed by atoms with E-state index in [1.165, 1.54) is 0 Å². The van der Waals surface area contributed by atoms with Crippen LogP contribution in [-0.4, -0.2) is 28.7 Å². The summed E-state index contributed by atoms with van der Waals surface area (Å²) < 4.78 is 7.78. The maximum absolute atomic E-state index is 11.9. The highest BCUT2D eigenvalue weighted by molar-refractivity contribution is 5.76. The number of aromatic nitrogens is 1. The lowest BCUT2D eigenvalue weighted by Crippen LogP contribution is -2.43. The molecule has 2 heterocycles. The second-order valence-electron chi connectivity index (χ2n) is 5.52. The van der Waals surface area contributed by atoms with E-state index in [1.807, 2.05) is 24.5 Å². The van der Waals surface area contributed by atoms with Gasteiger partial charge in [-0.15, -0.1) is 0 Å². The summed E-state index contributed by atoms with van der Waals surface area (Å²) in [6.45, 7) is 5.04. The van der Waals surface area contributed by atoms with Gasteiger partial charge in [0.1, 0.15) is 0 Å². The number of aryl methyl sites for hydroxylation is 1. The Bertz CT molecular complexity index is 379. The van der Waals surface area contributed by atoms with Crippen molar-refractivity contribution in [2.75, 3.05) is 0 Å². The Kier molecular flexibility index (Phi) is 5.02. The van der Waals surface area contributed by atoms with Crippen LogP contribution in [0.1, 0.15) is 39.5 Å². The van der Waals surface area contributed by atoms with Gasteiger partial charge in [-0.3, -0.25) is 4.79 Å². The standard InChI is InChI=1S/C15H24N2O2/c1-12-10-14(11-13(2)19-12)16-15(18)6-5-9-17-7-3-4-8-17/h3-4,7-8,12-14H,5-6,9-11H2,1-2H3,(H,16,18)/t12-,13-/m0/s1. The van der Waals surface area contributed by atoms with Crippen molar-refractivity contribution in [3.8, 4) is 0 Å². The lowest BCUT2D eigenvalue weighted by atomic mass is 9.99. The van der Waals surface area contributed by atoms with Crippen molar-refractivity contribution < 1.29 is 9.53 Å². The number of carbonyl (C=O) groups excluding carboxylic acids is 1. The maximum Gasteiger partial charge on any atom is 0.220 e. The first-order chi connectivity index (χ1) is 9.13. The van der Waals surface area contributed by atoms with Crippen molar-refractivity contribution in [1.82, 2.24) is 9.88 Å². The molecule has 19 heavy (non-hydrogen) atoms. The van der Waals surface area contributed by atoms with Crippen LogP contribution >= 0.6 is 0 Å². The molecule has 0 radical (unpaired) electrons. The van der Waals surface area contributed by atoms with Crippen LogP contribution in [-0.2, 0) is 16.1 Å². The van der Waals surface area contributed by atoms with Crippen molar-refractivity contribution in [1.29, 1.82) is 0 Å². The van der Waals surface area contributed by atoms with Crippen LogP contribution in [0.2, 0.25) is 0 Å². The normalized spacial score (nSPS) is 27.2. The smallest absolute Gasteiger partial charge is 0.220 e. The lowest BCUT2D eigenvalue weighted by Gasteiger charge is -2.32. The van der Waals surface area contributed by atoms with Crippen LogP contribution in [0.25, 0.3) is 0 Å². The van der Waals surface area contributed by atoms with E-state index in [0.717, 1.165) is 25.8 Å². The van der Waals surface area contributed by atoms with Gasteiger partial charge < -0.3 is 14.6 Å². The number of hydrogen-bond donors (Lipinski definition) is 1. The highest BCUT2D eigenvalue weighted by Crippen LogP contribution is 2.19. The van der Waals surface area contributed by atoms with Gasteiger partial charge in [-0.05, 0) is 45.2 Å². The first-order valence-electron chi connectivity index (χ1n) is 7.19. The summed E-state index contributed by atoms with van der Waals surface area (Å²) >= 11 is 0. The van der Waals surface area contributed by atoms with E-state index in [0.29, 0.717) is 6.42 Å². The Labute approximate surface area is 115 Å². The van der Waals surface area contributed by atoms with Gasteiger partial charge in [-0.1, -0.05) is 0 Å². The second-order valence-corrected chi connectivity index (χ2v) is 5.52. The molecule has 4 heteroatoms. The van der Waals surface area contributed by atoms with E-state index in [9.17, 15) is 4.79 Å². The molecular formula is C15H24N2O2. The first kappa shape index (κ1) is 14.1. The largest absolute Gasteiger partial charge is 0.375 e. The average molecular weight is 264 g/mol. The number of ether oxygens (including phenoxy) is 1. The molecule has 1 saturated heterocycles. The molecule has 106 valence electrons. The molecule has 0 aromatic carbocycles. The Morgan fingerprint density at radius 1 is 1.26 bits per heavy atom. The molecule has 0 saturated carbocycles. The van der Waals surface area contributed by atoms with Crippen molar-refractivity contribution in [3.05, 3.63) is 24.5 Å². The van der Waals surface area contributed by atoms with Gasteiger partial charge in [-0.25, -0.2) is 0 Å². The van der Waals surface area contributed by atoms with Gasteiger partial charge in [0.2, 0.25) is 5.91 Å². The minimum atomic E-state index is 0.165. The maximum atomic E-state index is 11.9. The van der Waals surface area contributed by atoms with Crippen molar-refractivity contribution in [2.45, 2.75) is 64.3 Å². The molecule has 0 bridgehead atoms. The number of nitrogens with zero attached hydrogens (tertiary/aromatic N) is 1. The third-order valence-electron chi connectivity index (χ3n) is 3.55. The third-order valence-corrected chi connectivity index (χ3v) is 3.55. The molecular weight excluding hydrogens is 240 g/mol. The first-order valence-corrected chi connectivity index (χ1v) is 7.19. The summed E-state index contributed by atoms with van der Waals surface area (Å²) in [4.78, 5) is 11.9. The van der Waals surface area contributed by atoms with Gasteiger partial charge in [-0.2, -0.15) is 0 Å². The van der Waals surface area contributed by atoms with Crippen molar-refractivity contribution in [2.24, 2.45) is 0 Å². The van der Waals surface area contributed by atoms with Gasteiger partial charge in [0.05, 0.1) is 12.2 Å². The van der Waals surface area contributed by atoms with E-state index < -0.39 is 0 Å². The Balaban J connectivity index is 1.66. The number of amides is 1. The van der Waals surface area contributed by atoms with Gasteiger partial charge in [0.25, 0.3) is 0 Å². The SMILES string of the molecule is C[C@H]1CC(NC(=O)CCCn2cccc2)C[C@H](C)O1. The second kappa shape index (κ2) is 6.75. The minimum absolute atomic E-state index is 0.165. The van der Waals surface area contributed by atoms with E-state index >= 15 is 0 Å². The van der Waals surface area contributed by atoms with Crippen LogP contribution in [0.15, 0.2) is 24.5 Å².